The van der Waals surface area contributed by atoms with Gasteiger partial charge in [-0.05, 0) is 97.3 Å². The third-order valence-corrected chi connectivity index (χ3v) is 9.36. The fourth-order valence-corrected chi connectivity index (χ4v) is 6.80. The first-order valence-electron chi connectivity index (χ1n) is 15.6. The first-order chi connectivity index (χ1) is 17.7. The number of unbranched alkanes of at least 4 members (excludes halogenated alkanes) is 4. The minimum atomic E-state index is 0.778. The summed E-state index contributed by atoms with van der Waals surface area (Å²) < 4.78 is 0. The highest BCUT2D eigenvalue weighted by molar-refractivity contribution is 5.66. The molecule has 2 aromatic rings. The van der Waals surface area contributed by atoms with Gasteiger partial charge in [0.05, 0.1) is 0 Å². The maximum absolute atomic E-state index is 2.49. The van der Waals surface area contributed by atoms with Gasteiger partial charge in [-0.1, -0.05) is 126 Å². The van der Waals surface area contributed by atoms with Crippen LogP contribution in [0.4, 0.5) is 0 Å². The average molecular weight is 485 g/mol. The van der Waals surface area contributed by atoms with Crippen LogP contribution in [0.15, 0.2) is 54.6 Å². The van der Waals surface area contributed by atoms with E-state index in [1.807, 2.05) is 0 Å². The van der Waals surface area contributed by atoms with Gasteiger partial charge in [-0.2, -0.15) is 0 Å². The quantitative estimate of drug-likeness (QED) is 0.263. The zero-order chi connectivity index (χ0) is 25.0. The lowest BCUT2D eigenvalue weighted by Gasteiger charge is -2.29. The molecule has 2 aromatic carbocycles. The van der Waals surface area contributed by atoms with E-state index in [1.165, 1.54) is 119 Å². The Hall–Kier alpha value is -1.82. The first-order valence-corrected chi connectivity index (χ1v) is 15.6. The Bertz CT molecular complexity index is 871. The molecule has 0 aromatic heterocycles. The highest BCUT2D eigenvalue weighted by Gasteiger charge is 2.22. The molecule has 0 radical (unpaired) electrons. The smallest absolute Gasteiger partial charge is 0.0162 e. The van der Waals surface area contributed by atoms with Crippen molar-refractivity contribution in [3.05, 3.63) is 65.7 Å². The second-order valence-electron chi connectivity index (χ2n) is 12.1. The topological polar surface area (TPSA) is 0 Å². The summed E-state index contributed by atoms with van der Waals surface area (Å²) in [6.45, 7) is 4.62. The number of hydrogen-bond acceptors (Lipinski definition) is 0. The monoisotopic (exact) mass is 484 g/mol. The summed E-state index contributed by atoms with van der Waals surface area (Å²) in [6, 6.07) is 18.7. The average Bonchev–Trinajstić information content (AvgIpc) is 2.94. The normalized spacial score (nSPS) is 24.8. The molecule has 0 spiro atoms. The highest BCUT2D eigenvalue weighted by atomic mass is 14.3. The predicted octanol–water partition coefficient (Wildman–Crippen LogP) is 11.6. The van der Waals surface area contributed by atoms with E-state index in [4.69, 9.17) is 0 Å². The summed E-state index contributed by atoms with van der Waals surface area (Å²) in [7, 11) is 0. The molecule has 2 aliphatic carbocycles. The minimum absolute atomic E-state index is 0.778. The van der Waals surface area contributed by atoms with Crippen molar-refractivity contribution in [2.24, 2.45) is 17.8 Å². The standard InChI is InChI=1S/C36H52/c1-3-5-7-9-29-11-13-31(14-12-29)15-16-32-19-23-34(24-20-32)36-27-25-35(26-28-36)33-21-17-30(18-22-33)10-8-6-4-2/h15-16,19-20,23-31,33H,3-14,17-18,21-22H2,1-2H3. The Balaban J connectivity index is 1.22. The van der Waals surface area contributed by atoms with Crippen molar-refractivity contribution in [2.45, 2.75) is 122 Å². The van der Waals surface area contributed by atoms with Crippen molar-refractivity contribution in [1.29, 1.82) is 0 Å². The fraction of sp³-hybridized carbons (Fsp3) is 0.611. The molecule has 0 heterocycles. The maximum atomic E-state index is 2.49. The number of rotatable bonds is 12. The van der Waals surface area contributed by atoms with Crippen LogP contribution in [0.25, 0.3) is 17.2 Å². The predicted molar refractivity (Wildman–Crippen MR) is 159 cm³/mol. The van der Waals surface area contributed by atoms with Crippen molar-refractivity contribution >= 4 is 6.08 Å². The third kappa shape index (κ3) is 8.36. The first kappa shape index (κ1) is 27.2. The lowest BCUT2D eigenvalue weighted by molar-refractivity contribution is 0.290. The van der Waals surface area contributed by atoms with Crippen LogP contribution in [-0.2, 0) is 0 Å². The third-order valence-electron chi connectivity index (χ3n) is 9.36. The molecular formula is C36H52. The van der Waals surface area contributed by atoms with Crippen LogP contribution >= 0.6 is 0 Å². The molecule has 2 aliphatic rings. The second kappa shape index (κ2) is 14.8. The summed E-state index contributed by atoms with van der Waals surface area (Å²) in [6.07, 6.45) is 27.5. The summed E-state index contributed by atoms with van der Waals surface area (Å²) in [5.74, 6) is 3.55. The van der Waals surface area contributed by atoms with Crippen molar-refractivity contribution in [3.63, 3.8) is 0 Å². The number of allylic oxidation sites excluding steroid dienone is 1. The fourth-order valence-electron chi connectivity index (χ4n) is 6.80. The van der Waals surface area contributed by atoms with Gasteiger partial charge in [-0.25, -0.2) is 0 Å². The van der Waals surface area contributed by atoms with E-state index in [9.17, 15) is 0 Å². The number of hydrogen-bond donors (Lipinski definition) is 0. The van der Waals surface area contributed by atoms with E-state index in [0.717, 1.165) is 23.7 Å². The molecule has 0 heteroatoms. The molecule has 36 heavy (non-hydrogen) atoms. The lowest BCUT2D eigenvalue weighted by Crippen LogP contribution is -2.13. The van der Waals surface area contributed by atoms with Crippen molar-refractivity contribution < 1.29 is 0 Å². The molecule has 0 bridgehead atoms. The van der Waals surface area contributed by atoms with Gasteiger partial charge in [-0.15, -0.1) is 0 Å². The summed E-state index contributed by atoms with van der Waals surface area (Å²) in [4.78, 5) is 0. The lowest BCUT2D eigenvalue weighted by atomic mass is 9.77. The van der Waals surface area contributed by atoms with E-state index in [-0.39, 0.29) is 0 Å². The van der Waals surface area contributed by atoms with Crippen LogP contribution in [-0.4, -0.2) is 0 Å². The molecular weight excluding hydrogens is 432 g/mol. The van der Waals surface area contributed by atoms with Crippen LogP contribution in [0.1, 0.15) is 134 Å². The van der Waals surface area contributed by atoms with Gasteiger partial charge in [-0.3, -0.25) is 0 Å². The van der Waals surface area contributed by atoms with Gasteiger partial charge in [0, 0.05) is 0 Å². The van der Waals surface area contributed by atoms with Crippen LogP contribution in [0, 0.1) is 17.8 Å². The van der Waals surface area contributed by atoms with Crippen LogP contribution in [0.2, 0.25) is 0 Å². The largest absolute Gasteiger partial charge is 0.0808 e. The second-order valence-corrected chi connectivity index (χ2v) is 12.1. The van der Waals surface area contributed by atoms with Crippen molar-refractivity contribution in [1.82, 2.24) is 0 Å². The molecule has 0 nitrogen and oxygen atoms in total. The van der Waals surface area contributed by atoms with Crippen LogP contribution in [0.3, 0.4) is 0 Å². The molecule has 0 N–H and O–H groups in total. The summed E-state index contributed by atoms with van der Waals surface area (Å²) in [5, 5.41) is 0. The Labute approximate surface area is 223 Å². The zero-order valence-electron chi connectivity index (χ0n) is 23.4. The van der Waals surface area contributed by atoms with Crippen molar-refractivity contribution in [2.75, 3.05) is 0 Å². The van der Waals surface area contributed by atoms with Gasteiger partial charge >= 0.3 is 0 Å². The van der Waals surface area contributed by atoms with E-state index >= 15 is 0 Å². The van der Waals surface area contributed by atoms with Gasteiger partial charge in [0.2, 0.25) is 0 Å². The van der Waals surface area contributed by atoms with Crippen molar-refractivity contribution in [3.8, 4) is 11.1 Å². The van der Waals surface area contributed by atoms with E-state index in [0.29, 0.717) is 0 Å². The van der Waals surface area contributed by atoms with Gasteiger partial charge in [0.15, 0.2) is 0 Å². The van der Waals surface area contributed by atoms with Gasteiger partial charge in [0.25, 0.3) is 0 Å². The molecule has 0 atom stereocenters. The Morgan fingerprint density at radius 2 is 1.08 bits per heavy atom. The van der Waals surface area contributed by atoms with Gasteiger partial charge in [0.1, 0.15) is 0 Å². The molecule has 0 amide bonds. The Morgan fingerprint density at radius 3 is 1.61 bits per heavy atom. The van der Waals surface area contributed by atoms with E-state index in [1.54, 1.807) is 5.56 Å². The molecule has 196 valence electrons. The summed E-state index contributed by atoms with van der Waals surface area (Å²) >= 11 is 0. The molecule has 0 unspecified atom stereocenters. The summed E-state index contributed by atoms with van der Waals surface area (Å²) in [5.41, 5.74) is 5.59. The zero-order valence-corrected chi connectivity index (χ0v) is 23.4. The number of benzene rings is 2. The molecule has 0 aliphatic heterocycles. The highest BCUT2D eigenvalue weighted by Crippen LogP contribution is 2.38. The Kier molecular flexibility index (Phi) is 11.2. The Morgan fingerprint density at radius 1 is 0.583 bits per heavy atom. The SMILES string of the molecule is CCCCCC1CCC(C=Cc2ccc(-c3ccc(C4CCC(CCCCC)CC4)cc3)cc2)CC1. The maximum Gasteiger partial charge on any atom is -0.0162 e. The minimum Gasteiger partial charge on any atom is -0.0808 e. The molecule has 2 saturated carbocycles. The van der Waals surface area contributed by atoms with E-state index < -0.39 is 0 Å². The molecule has 4 rings (SSSR count). The molecule has 0 saturated heterocycles. The van der Waals surface area contributed by atoms with Crippen LogP contribution < -0.4 is 0 Å². The van der Waals surface area contributed by atoms with Crippen LogP contribution in [0.5, 0.6) is 0 Å². The van der Waals surface area contributed by atoms with E-state index in [2.05, 4.69) is 74.5 Å². The van der Waals surface area contributed by atoms with Gasteiger partial charge < -0.3 is 0 Å². The molecule has 2 fully saturated rings.